The van der Waals surface area contributed by atoms with E-state index in [9.17, 15) is 14.3 Å². The van der Waals surface area contributed by atoms with Crippen molar-refractivity contribution in [1.29, 1.82) is 0 Å². The van der Waals surface area contributed by atoms with Gasteiger partial charge in [-0.15, -0.1) is 0 Å². The van der Waals surface area contributed by atoms with Gasteiger partial charge in [-0.3, -0.25) is 9.48 Å². The molecule has 1 amide bonds. The summed E-state index contributed by atoms with van der Waals surface area (Å²) in [4.78, 5) is 12.1. The quantitative estimate of drug-likeness (QED) is 0.866. The van der Waals surface area contributed by atoms with Crippen molar-refractivity contribution >= 4 is 5.91 Å². The highest BCUT2D eigenvalue weighted by molar-refractivity contribution is 5.93. The normalized spacial score (nSPS) is 23.2. The number of rotatable bonds is 5. The molecular weight excluding hydrogens is 325 g/mol. The fraction of sp³-hybridized carbons (Fsp3) is 0.444. The average molecular weight is 347 g/mol. The van der Waals surface area contributed by atoms with Gasteiger partial charge in [0, 0.05) is 31.8 Å². The Balaban J connectivity index is 1.56. The molecule has 2 N–H and O–H groups in total. The van der Waals surface area contributed by atoms with Crippen LogP contribution in [0.1, 0.15) is 29.6 Å². The lowest BCUT2D eigenvalue weighted by molar-refractivity contribution is -0.0302. The number of aromatic nitrogens is 2. The Labute approximate surface area is 145 Å². The number of carbonyl (C=O) groups is 1. The highest BCUT2D eigenvalue weighted by Crippen LogP contribution is 2.28. The minimum Gasteiger partial charge on any atom is -0.488 e. The number of nitrogens with one attached hydrogen (secondary N) is 1. The molecule has 2 aromatic rings. The van der Waals surface area contributed by atoms with E-state index in [2.05, 4.69) is 10.4 Å². The molecule has 0 radical (unpaired) electrons. The molecule has 1 saturated carbocycles. The molecule has 134 valence electrons. The molecule has 7 heteroatoms. The van der Waals surface area contributed by atoms with E-state index in [1.165, 1.54) is 18.3 Å². The third-order valence-electron chi connectivity index (χ3n) is 4.50. The van der Waals surface area contributed by atoms with E-state index in [0.29, 0.717) is 24.3 Å². The zero-order chi connectivity index (χ0) is 17.8. The van der Waals surface area contributed by atoms with E-state index in [1.54, 1.807) is 30.1 Å². The molecule has 1 aliphatic rings. The van der Waals surface area contributed by atoms with Crippen LogP contribution in [0.15, 0.2) is 36.7 Å². The second kappa shape index (κ2) is 7.65. The van der Waals surface area contributed by atoms with Crippen molar-refractivity contribution in [2.24, 2.45) is 13.0 Å². The van der Waals surface area contributed by atoms with Crippen LogP contribution in [0.25, 0.3) is 0 Å². The van der Waals surface area contributed by atoms with Gasteiger partial charge < -0.3 is 15.2 Å². The highest BCUT2D eigenvalue weighted by atomic mass is 19.1. The van der Waals surface area contributed by atoms with Gasteiger partial charge in [0.1, 0.15) is 17.7 Å². The number of aliphatic hydroxyl groups excluding tert-OH is 1. The summed E-state index contributed by atoms with van der Waals surface area (Å²) in [6, 6.07) is 5.90. The first-order valence-corrected chi connectivity index (χ1v) is 8.40. The number of hydrogen-bond donors (Lipinski definition) is 2. The predicted octanol–water partition coefficient (Wildman–Crippen LogP) is 1.90. The largest absolute Gasteiger partial charge is 0.488 e. The fourth-order valence-electron chi connectivity index (χ4n) is 3.16. The van der Waals surface area contributed by atoms with Gasteiger partial charge in [0.2, 0.25) is 0 Å². The summed E-state index contributed by atoms with van der Waals surface area (Å²) in [6.07, 6.45) is 4.40. The molecule has 1 fully saturated rings. The first kappa shape index (κ1) is 17.4. The van der Waals surface area contributed by atoms with Crippen molar-refractivity contribution in [3.8, 4) is 5.75 Å². The number of halogens is 1. The summed E-state index contributed by atoms with van der Waals surface area (Å²) in [5.74, 6) is -0.284. The van der Waals surface area contributed by atoms with Crippen LogP contribution in [0.2, 0.25) is 0 Å². The predicted molar refractivity (Wildman–Crippen MR) is 89.7 cm³/mol. The van der Waals surface area contributed by atoms with Crippen molar-refractivity contribution in [2.75, 3.05) is 6.54 Å². The number of carbonyl (C=O) groups excluding carboxylic acids is 1. The number of benzene rings is 1. The number of nitrogens with zero attached hydrogens (tertiary/aromatic N) is 2. The van der Waals surface area contributed by atoms with Crippen molar-refractivity contribution in [1.82, 2.24) is 15.1 Å². The third-order valence-corrected chi connectivity index (χ3v) is 4.50. The molecule has 1 aliphatic carbocycles. The van der Waals surface area contributed by atoms with Gasteiger partial charge in [-0.05, 0) is 31.4 Å². The molecular formula is C18H22FN3O3. The molecule has 0 aliphatic heterocycles. The molecule has 3 rings (SSSR count). The van der Waals surface area contributed by atoms with E-state index in [-0.39, 0.29) is 17.6 Å². The zero-order valence-electron chi connectivity index (χ0n) is 14.1. The van der Waals surface area contributed by atoms with Crippen molar-refractivity contribution in [3.05, 3.63) is 48.0 Å². The fourth-order valence-corrected chi connectivity index (χ4v) is 3.16. The van der Waals surface area contributed by atoms with E-state index in [4.69, 9.17) is 4.74 Å². The standard InChI is InChI=1S/C18H22FN3O3/c1-22-11-13(10-21-22)18(24)20-9-12-4-2-7-16(17(12)23)25-15-6-3-5-14(19)8-15/h3,5-6,8,10-12,16-17,23H,2,4,7,9H2,1H3,(H,20,24)/t12-,16-,17-/m1/s1. The van der Waals surface area contributed by atoms with Crippen LogP contribution in [0.3, 0.4) is 0 Å². The van der Waals surface area contributed by atoms with Crippen molar-refractivity contribution in [3.63, 3.8) is 0 Å². The monoisotopic (exact) mass is 347 g/mol. The summed E-state index contributed by atoms with van der Waals surface area (Å²) in [5, 5.41) is 17.4. The lowest BCUT2D eigenvalue weighted by Crippen LogP contribution is -2.45. The first-order chi connectivity index (χ1) is 12.0. The van der Waals surface area contributed by atoms with Crippen LogP contribution in [-0.2, 0) is 7.05 Å². The Morgan fingerprint density at radius 3 is 3.04 bits per heavy atom. The molecule has 6 nitrogen and oxygen atoms in total. The van der Waals surface area contributed by atoms with E-state index >= 15 is 0 Å². The van der Waals surface area contributed by atoms with Crippen LogP contribution >= 0.6 is 0 Å². The Bertz CT molecular complexity index is 734. The first-order valence-electron chi connectivity index (χ1n) is 8.40. The molecule has 0 unspecified atom stereocenters. The SMILES string of the molecule is Cn1cc(C(=O)NC[C@H]2CCC[C@@H](Oc3cccc(F)c3)[C@@H]2O)cn1. The molecule has 0 spiro atoms. The van der Waals surface area contributed by atoms with E-state index < -0.39 is 12.2 Å². The Morgan fingerprint density at radius 2 is 2.32 bits per heavy atom. The molecule has 0 saturated heterocycles. The van der Waals surface area contributed by atoms with Crippen LogP contribution in [-0.4, -0.2) is 39.5 Å². The summed E-state index contributed by atoms with van der Waals surface area (Å²) < 4.78 is 20.6. The van der Waals surface area contributed by atoms with Gasteiger partial charge in [-0.1, -0.05) is 6.07 Å². The highest BCUT2D eigenvalue weighted by Gasteiger charge is 2.33. The van der Waals surface area contributed by atoms with Gasteiger partial charge in [0.05, 0.1) is 17.9 Å². The second-order valence-corrected chi connectivity index (χ2v) is 6.41. The number of aliphatic hydroxyl groups is 1. The van der Waals surface area contributed by atoms with Gasteiger partial charge in [0.15, 0.2) is 0 Å². The second-order valence-electron chi connectivity index (χ2n) is 6.41. The maximum Gasteiger partial charge on any atom is 0.254 e. The van der Waals surface area contributed by atoms with Gasteiger partial charge in [-0.2, -0.15) is 5.10 Å². The van der Waals surface area contributed by atoms with Crippen LogP contribution in [0, 0.1) is 11.7 Å². The van der Waals surface area contributed by atoms with Gasteiger partial charge >= 0.3 is 0 Å². The Hall–Kier alpha value is -2.41. The summed E-state index contributed by atoms with van der Waals surface area (Å²) in [5.41, 5.74) is 0.486. The Morgan fingerprint density at radius 1 is 1.48 bits per heavy atom. The third kappa shape index (κ3) is 4.36. The average Bonchev–Trinajstić information content (AvgIpc) is 3.02. The summed E-state index contributed by atoms with van der Waals surface area (Å²) in [7, 11) is 1.75. The zero-order valence-corrected chi connectivity index (χ0v) is 14.1. The smallest absolute Gasteiger partial charge is 0.254 e. The summed E-state index contributed by atoms with van der Waals surface area (Å²) >= 11 is 0. The van der Waals surface area contributed by atoms with E-state index in [0.717, 1.165) is 12.8 Å². The maximum atomic E-state index is 13.3. The molecule has 0 bridgehead atoms. The Kier molecular flexibility index (Phi) is 5.33. The molecule has 1 aromatic heterocycles. The number of hydrogen-bond acceptors (Lipinski definition) is 4. The van der Waals surface area contributed by atoms with Gasteiger partial charge in [0.25, 0.3) is 5.91 Å². The van der Waals surface area contributed by atoms with Gasteiger partial charge in [-0.25, -0.2) is 4.39 Å². The van der Waals surface area contributed by atoms with Crippen molar-refractivity contribution in [2.45, 2.75) is 31.5 Å². The number of aryl methyl sites for hydroxylation is 1. The molecule has 3 atom stereocenters. The van der Waals surface area contributed by atoms with E-state index in [1.807, 2.05) is 0 Å². The number of ether oxygens (including phenoxy) is 1. The lowest BCUT2D eigenvalue weighted by Gasteiger charge is -2.35. The van der Waals surface area contributed by atoms with Crippen LogP contribution in [0.5, 0.6) is 5.75 Å². The topological polar surface area (TPSA) is 76.4 Å². The molecule has 25 heavy (non-hydrogen) atoms. The minimum atomic E-state index is -0.716. The minimum absolute atomic E-state index is 0.104. The molecule has 1 heterocycles. The molecule has 1 aromatic carbocycles. The lowest BCUT2D eigenvalue weighted by atomic mass is 9.84. The van der Waals surface area contributed by atoms with Crippen LogP contribution < -0.4 is 10.1 Å². The number of amides is 1. The summed E-state index contributed by atoms with van der Waals surface area (Å²) in [6.45, 7) is 0.359. The maximum absolute atomic E-state index is 13.3. The van der Waals surface area contributed by atoms with Crippen molar-refractivity contribution < 1.29 is 19.0 Å². The van der Waals surface area contributed by atoms with Crippen LogP contribution in [0.4, 0.5) is 4.39 Å².